The summed E-state index contributed by atoms with van der Waals surface area (Å²) in [4.78, 5) is 31.0. The first-order chi connectivity index (χ1) is 12.5. The highest BCUT2D eigenvalue weighted by atomic mass is 16.5. The molecule has 2 aliphatic rings. The molecule has 2 fully saturated rings. The second-order valence-electron chi connectivity index (χ2n) is 7.58. The van der Waals surface area contributed by atoms with Crippen LogP contribution in [-0.2, 0) is 9.59 Å². The predicted octanol–water partition coefficient (Wildman–Crippen LogP) is 1.85. The summed E-state index contributed by atoms with van der Waals surface area (Å²) in [6.45, 7) is 8.44. The molecule has 0 aliphatic carbocycles. The van der Waals surface area contributed by atoms with Crippen molar-refractivity contribution in [3.05, 3.63) is 24.3 Å². The van der Waals surface area contributed by atoms with Crippen LogP contribution in [0.3, 0.4) is 0 Å². The van der Waals surface area contributed by atoms with Crippen LogP contribution < -0.4 is 9.64 Å². The van der Waals surface area contributed by atoms with Gasteiger partial charge in [-0.1, -0.05) is 26.0 Å². The van der Waals surface area contributed by atoms with Gasteiger partial charge in [-0.15, -0.1) is 0 Å². The number of nitrogens with zero attached hydrogens (tertiary/aromatic N) is 3. The molecule has 26 heavy (non-hydrogen) atoms. The molecular formula is C20H29N3O3. The van der Waals surface area contributed by atoms with E-state index in [9.17, 15) is 9.59 Å². The Morgan fingerprint density at radius 1 is 1.19 bits per heavy atom. The number of para-hydroxylation sites is 2. The first kappa shape index (κ1) is 18.5. The lowest BCUT2D eigenvalue weighted by molar-refractivity contribution is -0.136. The molecule has 6 nitrogen and oxygen atoms in total. The minimum Gasteiger partial charge on any atom is -0.495 e. The molecule has 1 atom stereocenters. The highest BCUT2D eigenvalue weighted by Gasteiger charge is 2.37. The lowest BCUT2D eigenvalue weighted by atomic mass is 10.1. The Hall–Kier alpha value is -2.24. The van der Waals surface area contributed by atoms with Gasteiger partial charge in [0.25, 0.3) is 0 Å². The first-order valence-electron chi connectivity index (χ1n) is 9.44. The number of likely N-dealkylation sites (tertiary alicyclic amines) is 1. The molecule has 2 amide bonds. The summed E-state index contributed by atoms with van der Waals surface area (Å²) in [7, 11) is 1.68. The van der Waals surface area contributed by atoms with Gasteiger partial charge in [0, 0.05) is 45.7 Å². The van der Waals surface area contributed by atoms with Crippen LogP contribution in [-0.4, -0.2) is 68.0 Å². The van der Waals surface area contributed by atoms with Crippen molar-refractivity contribution in [2.24, 2.45) is 11.8 Å². The molecule has 1 aromatic carbocycles. The number of benzene rings is 1. The minimum absolute atomic E-state index is 0.115. The van der Waals surface area contributed by atoms with Crippen LogP contribution in [0.5, 0.6) is 5.75 Å². The molecule has 1 aromatic rings. The van der Waals surface area contributed by atoms with E-state index >= 15 is 0 Å². The quantitative estimate of drug-likeness (QED) is 0.805. The van der Waals surface area contributed by atoms with Crippen LogP contribution in [0, 0.1) is 11.8 Å². The normalized spacial score (nSPS) is 20.8. The molecule has 0 saturated carbocycles. The van der Waals surface area contributed by atoms with Crippen LogP contribution in [0.15, 0.2) is 24.3 Å². The smallest absolute Gasteiger partial charge is 0.228 e. The third-order valence-electron chi connectivity index (χ3n) is 5.17. The monoisotopic (exact) mass is 359 g/mol. The SMILES string of the molecule is COc1ccccc1N1CCN(C(=O)[C@@H]2CC(=O)N(CC(C)C)C2)CC1. The maximum absolute atomic E-state index is 12.8. The zero-order chi connectivity index (χ0) is 18.7. The Kier molecular flexibility index (Phi) is 5.69. The van der Waals surface area contributed by atoms with Crippen molar-refractivity contribution in [2.45, 2.75) is 20.3 Å². The number of hydrogen-bond acceptors (Lipinski definition) is 4. The molecule has 0 unspecified atom stereocenters. The summed E-state index contributed by atoms with van der Waals surface area (Å²) in [6, 6.07) is 7.97. The highest BCUT2D eigenvalue weighted by Crippen LogP contribution is 2.29. The van der Waals surface area contributed by atoms with E-state index in [4.69, 9.17) is 4.74 Å². The van der Waals surface area contributed by atoms with Gasteiger partial charge in [0.15, 0.2) is 0 Å². The van der Waals surface area contributed by atoms with Crippen molar-refractivity contribution in [3.8, 4) is 5.75 Å². The van der Waals surface area contributed by atoms with Gasteiger partial charge in [0.2, 0.25) is 11.8 Å². The van der Waals surface area contributed by atoms with Gasteiger partial charge in [-0.25, -0.2) is 0 Å². The van der Waals surface area contributed by atoms with E-state index in [1.807, 2.05) is 28.0 Å². The van der Waals surface area contributed by atoms with Crippen molar-refractivity contribution in [2.75, 3.05) is 51.3 Å². The number of amides is 2. The number of piperazine rings is 1. The average Bonchev–Trinajstić information content (AvgIpc) is 3.01. The molecule has 0 radical (unpaired) electrons. The van der Waals surface area contributed by atoms with E-state index in [0.29, 0.717) is 32.0 Å². The summed E-state index contributed by atoms with van der Waals surface area (Å²) in [5.41, 5.74) is 1.07. The Morgan fingerprint density at radius 3 is 2.54 bits per heavy atom. The van der Waals surface area contributed by atoms with E-state index in [1.54, 1.807) is 7.11 Å². The topological polar surface area (TPSA) is 53.1 Å². The lowest BCUT2D eigenvalue weighted by Crippen LogP contribution is -2.50. The number of rotatable bonds is 5. The molecule has 2 aliphatic heterocycles. The molecule has 2 heterocycles. The summed E-state index contributed by atoms with van der Waals surface area (Å²) in [6.07, 6.45) is 0.359. The van der Waals surface area contributed by atoms with Crippen LogP contribution in [0.2, 0.25) is 0 Å². The maximum Gasteiger partial charge on any atom is 0.228 e. The van der Waals surface area contributed by atoms with Crippen molar-refractivity contribution in [1.82, 2.24) is 9.80 Å². The summed E-state index contributed by atoms with van der Waals surface area (Å²) >= 11 is 0. The van der Waals surface area contributed by atoms with Gasteiger partial charge >= 0.3 is 0 Å². The standard InChI is InChI=1S/C20H29N3O3/c1-15(2)13-23-14-16(12-19(23)24)20(25)22-10-8-21(9-11-22)17-6-4-5-7-18(17)26-3/h4-7,15-16H,8-14H2,1-3H3/t16-/m1/s1. The van der Waals surface area contributed by atoms with Gasteiger partial charge < -0.3 is 19.4 Å². The summed E-state index contributed by atoms with van der Waals surface area (Å²) in [5.74, 6) is 1.35. The lowest BCUT2D eigenvalue weighted by Gasteiger charge is -2.37. The highest BCUT2D eigenvalue weighted by molar-refractivity contribution is 5.89. The molecule has 3 rings (SSSR count). The second-order valence-corrected chi connectivity index (χ2v) is 7.58. The van der Waals surface area contributed by atoms with Gasteiger partial charge in [0.05, 0.1) is 18.7 Å². The fraction of sp³-hybridized carbons (Fsp3) is 0.600. The number of carbonyl (C=O) groups is 2. The van der Waals surface area contributed by atoms with Crippen molar-refractivity contribution in [3.63, 3.8) is 0 Å². The zero-order valence-electron chi connectivity index (χ0n) is 16.0. The average molecular weight is 359 g/mol. The zero-order valence-corrected chi connectivity index (χ0v) is 16.0. The third kappa shape index (κ3) is 3.94. The number of carbonyl (C=O) groups excluding carboxylic acids is 2. The Morgan fingerprint density at radius 2 is 1.88 bits per heavy atom. The Labute approximate surface area is 155 Å². The number of ether oxygens (including phenoxy) is 1. The fourth-order valence-corrected chi connectivity index (χ4v) is 3.87. The van der Waals surface area contributed by atoms with Crippen molar-refractivity contribution in [1.29, 1.82) is 0 Å². The fourth-order valence-electron chi connectivity index (χ4n) is 3.87. The second kappa shape index (κ2) is 7.98. The van der Waals surface area contributed by atoms with E-state index < -0.39 is 0 Å². The number of hydrogen-bond donors (Lipinski definition) is 0. The molecule has 0 spiro atoms. The first-order valence-corrected chi connectivity index (χ1v) is 9.44. The molecule has 0 aromatic heterocycles. The van der Waals surface area contributed by atoms with Gasteiger partial charge in [-0.05, 0) is 18.1 Å². The predicted molar refractivity (Wildman–Crippen MR) is 101 cm³/mol. The molecule has 0 bridgehead atoms. The maximum atomic E-state index is 12.8. The van der Waals surface area contributed by atoms with Gasteiger partial charge in [0.1, 0.15) is 5.75 Å². The van der Waals surface area contributed by atoms with Crippen molar-refractivity contribution < 1.29 is 14.3 Å². The molecule has 6 heteroatoms. The van der Waals surface area contributed by atoms with E-state index in [-0.39, 0.29) is 17.7 Å². The van der Waals surface area contributed by atoms with Crippen LogP contribution in [0.25, 0.3) is 0 Å². The summed E-state index contributed by atoms with van der Waals surface area (Å²) < 4.78 is 5.44. The van der Waals surface area contributed by atoms with Crippen molar-refractivity contribution >= 4 is 17.5 Å². The van der Waals surface area contributed by atoms with Crippen LogP contribution >= 0.6 is 0 Å². The summed E-state index contributed by atoms with van der Waals surface area (Å²) in [5, 5.41) is 0. The Bertz CT molecular complexity index is 653. The minimum atomic E-state index is -0.181. The number of methoxy groups -OCH3 is 1. The Balaban J connectivity index is 1.56. The number of anilines is 1. The molecule has 2 saturated heterocycles. The molecular weight excluding hydrogens is 330 g/mol. The largest absolute Gasteiger partial charge is 0.495 e. The third-order valence-corrected chi connectivity index (χ3v) is 5.17. The van der Waals surface area contributed by atoms with E-state index in [2.05, 4.69) is 24.8 Å². The van der Waals surface area contributed by atoms with E-state index in [1.165, 1.54) is 0 Å². The molecule has 0 N–H and O–H groups in total. The van der Waals surface area contributed by atoms with Crippen LogP contribution in [0.1, 0.15) is 20.3 Å². The van der Waals surface area contributed by atoms with E-state index in [0.717, 1.165) is 31.1 Å². The van der Waals surface area contributed by atoms with Crippen LogP contribution in [0.4, 0.5) is 5.69 Å². The van der Waals surface area contributed by atoms with Gasteiger partial charge in [-0.2, -0.15) is 0 Å². The molecule has 142 valence electrons. The van der Waals surface area contributed by atoms with Gasteiger partial charge in [-0.3, -0.25) is 9.59 Å².